The molecule has 0 aromatic rings. The second-order valence-corrected chi connectivity index (χ2v) is 2.66. The summed E-state index contributed by atoms with van der Waals surface area (Å²) >= 11 is 0. The summed E-state index contributed by atoms with van der Waals surface area (Å²) in [5.41, 5.74) is 16.4. The largest absolute Gasteiger partial charge is 0.468 e. The lowest BCUT2D eigenvalue weighted by Gasteiger charge is -2.11. The molecule has 0 amide bonds. The van der Waals surface area contributed by atoms with Crippen LogP contribution in [0.2, 0.25) is 0 Å². The molecule has 0 bridgehead atoms. The summed E-state index contributed by atoms with van der Waals surface area (Å²) in [7, 11) is 1.91. The van der Waals surface area contributed by atoms with E-state index in [1.807, 2.05) is 0 Å². The van der Waals surface area contributed by atoms with Crippen molar-refractivity contribution < 1.29 is 23.9 Å². The second kappa shape index (κ2) is 7.49. The van der Waals surface area contributed by atoms with Gasteiger partial charge < -0.3 is 9.47 Å². The summed E-state index contributed by atoms with van der Waals surface area (Å²) in [5, 5.41) is 5.76. The number of carbonyl (C=O) groups is 3. The van der Waals surface area contributed by atoms with Gasteiger partial charge in [0.2, 0.25) is 0 Å². The molecule has 2 atom stereocenters. The zero-order valence-electron chi connectivity index (χ0n) is 9.38. The summed E-state index contributed by atoms with van der Waals surface area (Å²) in [6.45, 7) is 0. The smallest absolute Gasteiger partial charge is 0.322 e. The minimum Gasteiger partial charge on any atom is -0.468 e. The zero-order valence-corrected chi connectivity index (χ0v) is 9.38. The van der Waals surface area contributed by atoms with E-state index in [1.54, 1.807) is 0 Å². The van der Waals surface area contributed by atoms with E-state index in [0.717, 1.165) is 14.2 Å². The first kappa shape index (κ1) is 15.2. The molecule has 0 heterocycles. The second-order valence-electron chi connectivity index (χ2n) is 2.66. The third-order valence-corrected chi connectivity index (χ3v) is 1.72. The SMILES string of the molecule is COC(=O)C(N=[N+]=[N-])C(=O)C(N=[N+]=[N-])C(=O)OC. The van der Waals surface area contributed by atoms with Crippen LogP contribution in [0.1, 0.15) is 0 Å². The first-order valence-corrected chi connectivity index (χ1v) is 4.31. The number of esters is 2. The molecule has 0 fully saturated rings. The number of methoxy groups -OCH3 is 2. The van der Waals surface area contributed by atoms with Crippen LogP contribution >= 0.6 is 0 Å². The maximum absolute atomic E-state index is 11.7. The van der Waals surface area contributed by atoms with E-state index in [4.69, 9.17) is 11.1 Å². The summed E-state index contributed by atoms with van der Waals surface area (Å²) in [6, 6.07) is -3.84. The monoisotopic (exact) mass is 256 g/mol. The Morgan fingerprint density at radius 2 is 1.28 bits per heavy atom. The summed E-state index contributed by atoms with van der Waals surface area (Å²) in [4.78, 5) is 38.6. The van der Waals surface area contributed by atoms with Crippen LogP contribution in [0.5, 0.6) is 0 Å². The minimum absolute atomic E-state index is 0.955. The molecule has 18 heavy (non-hydrogen) atoms. The Balaban J connectivity index is 5.37. The van der Waals surface area contributed by atoms with Crippen LogP contribution in [0, 0.1) is 0 Å². The minimum atomic E-state index is -1.92. The van der Waals surface area contributed by atoms with Gasteiger partial charge in [-0.2, -0.15) is 0 Å². The summed E-state index contributed by atoms with van der Waals surface area (Å²) in [5.74, 6) is -3.59. The number of azide groups is 2. The van der Waals surface area contributed by atoms with Gasteiger partial charge in [0.05, 0.1) is 14.2 Å². The standard InChI is InChI=1S/C7H8N6O5/c1-17-6(15)3(10-12-8)5(14)4(11-13-9)7(16)18-2/h3-4H,1-2H3. The van der Waals surface area contributed by atoms with Crippen molar-refractivity contribution in [2.75, 3.05) is 14.2 Å². The molecule has 0 N–H and O–H groups in total. The normalized spacial score (nSPS) is 12.1. The Hall–Kier alpha value is -2.77. The first-order chi connectivity index (χ1) is 8.53. The van der Waals surface area contributed by atoms with Gasteiger partial charge in [-0.1, -0.05) is 10.2 Å². The molecule has 0 aliphatic carbocycles. The molecule has 11 heteroatoms. The number of hydrogen-bond acceptors (Lipinski definition) is 7. The van der Waals surface area contributed by atoms with E-state index in [1.165, 1.54) is 0 Å². The maximum atomic E-state index is 11.7. The molecule has 0 aliphatic rings. The number of rotatable bonds is 6. The Kier molecular flexibility index (Phi) is 6.34. The van der Waals surface area contributed by atoms with Crippen LogP contribution in [0.4, 0.5) is 0 Å². The molecule has 0 aliphatic heterocycles. The fraction of sp³-hybridized carbons (Fsp3) is 0.571. The molecule has 11 nitrogen and oxygen atoms in total. The third kappa shape index (κ3) is 3.67. The topological polar surface area (TPSA) is 167 Å². The Bertz CT molecular complexity index is 409. The van der Waals surface area contributed by atoms with E-state index >= 15 is 0 Å². The van der Waals surface area contributed by atoms with Crippen molar-refractivity contribution in [1.29, 1.82) is 0 Å². The van der Waals surface area contributed by atoms with Gasteiger partial charge in [0.15, 0.2) is 17.9 Å². The van der Waals surface area contributed by atoms with Crippen molar-refractivity contribution in [2.45, 2.75) is 12.1 Å². The van der Waals surface area contributed by atoms with Crippen LogP contribution in [-0.4, -0.2) is 44.0 Å². The van der Waals surface area contributed by atoms with Gasteiger partial charge in [-0.3, -0.25) is 14.4 Å². The zero-order chi connectivity index (χ0) is 14.1. The van der Waals surface area contributed by atoms with Crippen LogP contribution < -0.4 is 0 Å². The Morgan fingerprint density at radius 1 is 0.944 bits per heavy atom. The van der Waals surface area contributed by atoms with Gasteiger partial charge in [0.1, 0.15) is 0 Å². The number of nitrogens with zero attached hydrogens (tertiary/aromatic N) is 6. The van der Waals surface area contributed by atoms with E-state index < -0.39 is 29.8 Å². The van der Waals surface area contributed by atoms with Gasteiger partial charge in [-0.05, 0) is 11.1 Å². The van der Waals surface area contributed by atoms with Crippen molar-refractivity contribution in [3.63, 3.8) is 0 Å². The highest BCUT2D eigenvalue weighted by atomic mass is 16.5. The van der Waals surface area contributed by atoms with Gasteiger partial charge >= 0.3 is 11.9 Å². The first-order valence-electron chi connectivity index (χ1n) is 4.31. The lowest BCUT2D eigenvalue weighted by Crippen LogP contribution is -2.40. The number of hydrogen-bond donors (Lipinski definition) is 0. The third-order valence-electron chi connectivity index (χ3n) is 1.72. The fourth-order valence-electron chi connectivity index (χ4n) is 0.916. The quantitative estimate of drug-likeness (QED) is 0.218. The van der Waals surface area contributed by atoms with Crippen LogP contribution in [-0.2, 0) is 23.9 Å². The van der Waals surface area contributed by atoms with Crippen molar-refractivity contribution in [3.8, 4) is 0 Å². The highest BCUT2D eigenvalue weighted by molar-refractivity contribution is 6.14. The number of ether oxygens (including phenoxy) is 2. The molecule has 0 radical (unpaired) electrons. The Labute approximate surface area is 99.9 Å². The molecule has 0 aromatic carbocycles. The molecule has 96 valence electrons. The molecule has 0 spiro atoms. The average molecular weight is 256 g/mol. The van der Waals surface area contributed by atoms with Crippen LogP contribution in [0.3, 0.4) is 0 Å². The molecule has 0 saturated heterocycles. The lowest BCUT2D eigenvalue weighted by atomic mass is 10.1. The average Bonchev–Trinajstić information content (AvgIpc) is 2.39. The van der Waals surface area contributed by atoms with Crippen molar-refractivity contribution >= 4 is 17.7 Å². The van der Waals surface area contributed by atoms with Crippen molar-refractivity contribution in [1.82, 2.24) is 0 Å². The van der Waals surface area contributed by atoms with E-state index in [0.29, 0.717) is 0 Å². The van der Waals surface area contributed by atoms with Crippen molar-refractivity contribution in [2.24, 2.45) is 10.2 Å². The number of carbonyl (C=O) groups excluding carboxylic acids is 3. The van der Waals surface area contributed by atoms with Crippen molar-refractivity contribution in [3.05, 3.63) is 20.9 Å². The van der Waals surface area contributed by atoms with Gasteiger partial charge in [0.25, 0.3) is 0 Å². The summed E-state index contributed by atoms with van der Waals surface area (Å²) < 4.78 is 8.43. The maximum Gasteiger partial charge on any atom is 0.322 e. The lowest BCUT2D eigenvalue weighted by molar-refractivity contribution is -0.149. The van der Waals surface area contributed by atoms with E-state index in [-0.39, 0.29) is 0 Å². The van der Waals surface area contributed by atoms with E-state index in [2.05, 4.69) is 29.5 Å². The predicted octanol–water partition coefficient (Wildman–Crippen LogP) is 0.259. The molecule has 0 saturated carbocycles. The Morgan fingerprint density at radius 3 is 1.50 bits per heavy atom. The molecule has 0 rings (SSSR count). The molecular formula is C7H8N6O5. The molecule has 2 unspecified atom stereocenters. The number of Topliss-reactive ketones (excluding diaryl/α,β-unsaturated/α-hetero) is 1. The van der Waals surface area contributed by atoms with Gasteiger partial charge in [-0.15, -0.1) is 0 Å². The van der Waals surface area contributed by atoms with Gasteiger partial charge in [-0.25, -0.2) is 0 Å². The molecule has 0 aromatic heterocycles. The molecular weight excluding hydrogens is 248 g/mol. The van der Waals surface area contributed by atoms with Crippen LogP contribution in [0.15, 0.2) is 10.2 Å². The summed E-state index contributed by atoms with van der Waals surface area (Å²) in [6.07, 6.45) is 0. The highest BCUT2D eigenvalue weighted by Gasteiger charge is 2.36. The van der Waals surface area contributed by atoms with Gasteiger partial charge in [0, 0.05) is 9.82 Å². The predicted molar refractivity (Wildman–Crippen MR) is 54.9 cm³/mol. The highest BCUT2D eigenvalue weighted by Crippen LogP contribution is 2.07. The van der Waals surface area contributed by atoms with Crippen LogP contribution in [0.25, 0.3) is 20.9 Å². The number of ketones is 1. The van der Waals surface area contributed by atoms with E-state index in [9.17, 15) is 14.4 Å². The fourth-order valence-corrected chi connectivity index (χ4v) is 0.916.